The van der Waals surface area contributed by atoms with Gasteiger partial charge in [0.15, 0.2) is 0 Å². The summed E-state index contributed by atoms with van der Waals surface area (Å²) in [4.78, 5) is 10.8. The maximum Gasteiger partial charge on any atom is 0.136 e. The number of anilines is 5. The molecular formula is C19H20FN5. The second-order valence-electron chi connectivity index (χ2n) is 5.89. The fourth-order valence-corrected chi connectivity index (χ4v) is 2.40. The summed E-state index contributed by atoms with van der Waals surface area (Å²) in [5, 5.41) is 6.36. The molecule has 2 N–H and O–H groups in total. The molecule has 0 aliphatic carbocycles. The van der Waals surface area contributed by atoms with Crippen molar-refractivity contribution in [1.29, 1.82) is 0 Å². The Balaban J connectivity index is 1.79. The Kier molecular flexibility index (Phi) is 4.79. The van der Waals surface area contributed by atoms with E-state index in [1.165, 1.54) is 12.1 Å². The number of aromatic nitrogens is 2. The van der Waals surface area contributed by atoms with Crippen LogP contribution in [0.15, 0.2) is 54.6 Å². The van der Waals surface area contributed by atoms with Crippen LogP contribution in [-0.2, 0) is 0 Å². The topological polar surface area (TPSA) is 53.1 Å². The fraction of sp³-hybridized carbons (Fsp3) is 0.158. The van der Waals surface area contributed by atoms with E-state index in [-0.39, 0.29) is 5.82 Å². The average Bonchev–Trinajstić information content (AvgIpc) is 2.54. The smallest absolute Gasteiger partial charge is 0.136 e. The molecule has 0 aliphatic rings. The Hall–Kier alpha value is -3.15. The molecule has 2 aromatic carbocycles. The van der Waals surface area contributed by atoms with Crippen LogP contribution in [0.4, 0.5) is 33.1 Å². The number of hydrogen-bond acceptors (Lipinski definition) is 5. The average molecular weight is 337 g/mol. The van der Waals surface area contributed by atoms with Crippen molar-refractivity contribution in [3.8, 4) is 0 Å². The number of halogens is 1. The van der Waals surface area contributed by atoms with Crippen molar-refractivity contribution in [3.63, 3.8) is 0 Å². The predicted octanol–water partition coefficient (Wildman–Crippen LogP) is 4.48. The van der Waals surface area contributed by atoms with Crippen molar-refractivity contribution in [2.24, 2.45) is 0 Å². The van der Waals surface area contributed by atoms with Gasteiger partial charge in [0.1, 0.15) is 23.3 Å². The zero-order chi connectivity index (χ0) is 17.8. The van der Waals surface area contributed by atoms with Gasteiger partial charge < -0.3 is 15.5 Å². The first-order chi connectivity index (χ1) is 12.0. The van der Waals surface area contributed by atoms with E-state index in [1.807, 2.05) is 50.2 Å². The van der Waals surface area contributed by atoms with E-state index < -0.39 is 0 Å². The van der Waals surface area contributed by atoms with Gasteiger partial charge in [-0.15, -0.1) is 0 Å². The van der Waals surface area contributed by atoms with Crippen molar-refractivity contribution in [2.75, 3.05) is 29.6 Å². The Morgan fingerprint density at radius 1 is 0.840 bits per heavy atom. The highest BCUT2D eigenvalue weighted by molar-refractivity contribution is 5.64. The molecule has 0 amide bonds. The van der Waals surface area contributed by atoms with Crippen LogP contribution in [0.1, 0.15) is 5.82 Å². The molecule has 6 heteroatoms. The predicted molar refractivity (Wildman–Crippen MR) is 101 cm³/mol. The lowest BCUT2D eigenvalue weighted by atomic mass is 10.2. The normalized spacial score (nSPS) is 10.4. The summed E-state index contributed by atoms with van der Waals surface area (Å²) in [6, 6.07) is 16.1. The van der Waals surface area contributed by atoms with Gasteiger partial charge in [-0.05, 0) is 49.4 Å². The molecule has 0 bridgehead atoms. The summed E-state index contributed by atoms with van der Waals surface area (Å²) in [5.41, 5.74) is 2.69. The largest absolute Gasteiger partial charge is 0.378 e. The Bertz CT molecular complexity index is 862. The zero-order valence-electron chi connectivity index (χ0n) is 14.4. The molecular weight excluding hydrogens is 317 g/mol. The van der Waals surface area contributed by atoms with Crippen LogP contribution < -0.4 is 15.5 Å². The lowest BCUT2D eigenvalue weighted by molar-refractivity contribution is 0.628. The SMILES string of the molecule is Cc1nc(Nc2ccc(N(C)C)cc2)cc(Nc2cccc(F)c2)n1. The second kappa shape index (κ2) is 7.17. The van der Waals surface area contributed by atoms with E-state index in [0.29, 0.717) is 23.1 Å². The summed E-state index contributed by atoms with van der Waals surface area (Å²) in [5.74, 6) is 1.60. The maximum absolute atomic E-state index is 13.3. The molecule has 3 aromatic rings. The van der Waals surface area contributed by atoms with Gasteiger partial charge in [-0.2, -0.15) is 0 Å². The molecule has 0 saturated heterocycles. The van der Waals surface area contributed by atoms with Gasteiger partial charge in [0.05, 0.1) is 0 Å². The van der Waals surface area contributed by atoms with Crippen molar-refractivity contribution in [3.05, 3.63) is 66.2 Å². The molecule has 0 unspecified atom stereocenters. The minimum atomic E-state index is -0.296. The van der Waals surface area contributed by atoms with Crippen molar-refractivity contribution >= 4 is 28.7 Å². The zero-order valence-corrected chi connectivity index (χ0v) is 14.4. The van der Waals surface area contributed by atoms with E-state index in [0.717, 1.165) is 11.4 Å². The summed E-state index contributed by atoms with van der Waals surface area (Å²) < 4.78 is 13.3. The first-order valence-corrected chi connectivity index (χ1v) is 7.92. The molecule has 0 saturated carbocycles. The van der Waals surface area contributed by atoms with Crippen LogP contribution in [0.2, 0.25) is 0 Å². The van der Waals surface area contributed by atoms with Gasteiger partial charge in [-0.25, -0.2) is 14.4 Å². The monoisotopic (exact) mass is 337 g/mol. The number of nitrogens with one attached hydrogen (secondary N) is 2. The van der Waals surface area contributed by atoms with E-state index in [1.54, 1.807) is 18.2 Å². The lowest BCUT2D eigenvalue weighted by Gasteiger charge is -2.14. The summed E-state index contributed by atoms with van der Waals surface area (Å²) >= 11 is 0. The molecule has 1 heterocycles. The summed E-state index contributed by atoms with van der Waals surface area (Å²) in [6.45, 7) is 1.82. The Morgan fingerprint density at radius 2 is 1.48 bits per heavy atom. The molecule has 1 aromatic heterocycles. The molecule has 5 nitrogen and oxygen atoms in total. The minimum absolute atomic E-state index is 0.296. The number of benzene rings is 2. The molecule has 0 spiro atoms. The molecule has 3 rings (SSSR count). The third-order valence-electron chi connectivity index (χ3n) is 3.59. The van der Waals surface area contributed by atoms with Crippen molar-refractivity contribution < 1.29 is 4.39 Å². The molecule has 0 aliphatic heterocycles. The van der Waals surface area contributed by atoms with Crippen LogP contribution >= 0.6 is 0 Å². The van der Waals surface area contributed by atoms with Crippen LogP contribution in [-0.4, -0.2) is 24.1 Å². The molecule has 0 radical (unpaired) electrons. The van der Waals surface area contributed by atoms with Gasteiger partial charge in [0, 0.05) is 37.2 Å². The quantitative estimate of drug-likeness (QED) is 0.719. The number of nitrogens with zero attached hydrogens (tertiary/aromatic N) is 3. The standard InChI is InChI=1S/C19H20FN5/c1-13-21-18(23-15-7-9-17(10-8-15)25(2)3)12-19(22-13)24-16-6-4-5-14(20)11-16/h4-12H,1-3H3,(H2,21,22,23,24). The lowest BCUT2D eigenvalue weighted by Crippen LogP contribution is -2.08. The van der Waals surface area contributed by atoms with Gasteiger partial charge in [-0.1, -0.05) is 6.07 Å². The van der Waals surface area contributed by atoms with Crippen molar-refractivity contribution in [1.82, 2.24) is 9.97 Å². The number of hydrogen-bond donors (Lipinski definition) is 2. The minimum Gasteiger partial charge on any atom is -0.378 e. The van der Waals surface area contributed by atoms with Crippen molar-refractivity contribution in [2.45, 2.75) is 6.92 Å². The first kappa shape index (κ1) is 16.7. The number of rotatable bonds is 5. The number of aryl methyl sites for hydroxylation is 1. The third-order valence-corrected chi connectivity index (χ3v) is 3.59. The second-order valence-corrected chi connectivity index (χ2v) is 5.89. The highest BCUT2D eigenvalue weighted by Crippen LogP contribution is 2.22. The fourth-order valence-electron chi connectivity index (χ4n) is 2.40. The van der Waals surface area contributed by atoms with E-state index in [9.17, 15) is 4.39 Å². The van der Waals surface area contributed by atoms with Gasteiger partial charge in [0.25, 0.3) is 0 Å². The van der Waals surface area contributed by atoms with E-state index >= 15 is 0 Å². The molecule has 0 atom stereocenters. The van der Waals surface area contributed by atoms with Gasteiger partial charge in [-0.3, -0.25) is 0 Å². The summed E-state index contributed by atoms with van der Waals surface area (Å²) in [7, 11) is 4.00. The molecule has 128 valence electrons. The van der Waals surface area contributed by atoms with E-state index in [2.05, 4.69) is 20.6 Å². The summed E-state index contributed by atoms with van der Waals surface area (Å²) in [6.07, 6.45) is 0. The molecule has 25 heavy (non-hydrogen) atoms. The van der Waals surface area contributed by atoms with E-state index in [4.69, 9.17) is 0 Å². The van der Waals surface area contributed by atoms with Gasteiger partial charge in [0.2, 0.25) is 0 Å². The Labute approximate surface area is 146 Å². The highest BCUT2D eigenvalue weighted by Gasteiger charge is 2.04. The molecule has 0 fully saturated rings. The highest BCUT2D eigenvalue weighted by atomic mass is 19.1. The maximum atomic E-state index is 13.3. The first-order valence-electron chi connectivity index (χ1n) is 7.92. The van der Waals surface area contributed by atoms with Crippen LogP contribution in [0.3, 0.4) is 0 Å². The van der Waals surface area contributed by atoms with Crippen LogP contribution in [0.25, 0.3) is 0 Å². The van der Waals surface area contributed by atoms with Crippen LogP contribution in [0.5, 0.6) is 0 Å². The third kappa shape index (κ3) is 4.44. The Morgan fingerprint density at radius 3 is 2.08 bits per heavy atom. The van der Waals surface area contributed by atoms with Crippen LogP contribution in [0, 0.1) is 12.7 Å². The van der Waals surface area contributed by atoms with Gasteiger partial charge >= 0.3 is 0 Å².